The first kappa shape index (κ1) is 38.6. The molecule has 0 saturated carbocycles. The summed E-state index contributed by atoms with van der Waals surface area (Å²) in [5.74, 6) is 3.89. The first-order chi connectivity index (χ1) is 28.4. The molecule has 0 fully saturated rings. The zero-order valence-corrected chi connectivity index (χ0v) is 32.8. The monoisotopic (exact) mass is 778 g/mol. The Hall–Kier alpha value is -7.67. The highest BCUT2D eigenvalue weighted by Crippen LogP contribution is 2.42. The number of nitrogens with zero attached hydrogens (tertiary/aromatic N) is 3. The molecule has 0 aliphatic heterocycles. The fraction of sp³-hybridized carbons (Fsp3) is 0.133. The average molecular weight is 779 g/mol. The number of ether oxygens (including phenoxy) is 6. The van der Waals surface area contributed by atoms with Crippen molar-refractivity contribution in [2.24, 2.45) is 0 Å². The summed E-state index contributed by atoms with van der Waals surface area (Å²) < 4.78 is 31.9. The van der Waals surface area contributed by atoms with Gasteiger partial charge in [0.2, 0.25) is 5.75 Å². The normalized spacial score (nSPS) is 10.7. The number of hydrogen-bond donors (Lipinski definition) is 4. The fourth-order valence-corrected chi connectivity index (χ4v) is 6.67. The quantitative estimate of drug-likeness (QED) is 0.111. The molecule has 4 N–H and O–H groups in total. The Labute approximate surface area is 334 Å². The lowest BCUT2D eigenvalue weighted by molar-refractivity contribution is 0.324. The molecule has 3 aromatic carbocycles. The van der Waals surface area contributed by atoms with Crippen molar-refractivity contribution in [1.82, 2.24) is 29.9 Å². The molecule has 9 rings (SSSR count). The minimum absolute atomic E-state index is 0.138. The Morgan fingerprint density at radius 3 is 1.24 bits per heavy atom. The molecular formula is C45H42N6O7. The van der Waals surface area contributed by atoms with Crippen LogP contribution < -0.4 is 28.4 Å². The van der Waals surface area contributed by atoms with Gasteiger partial charge in [0.15, 0.2) is 34.5 Å². The molecule has 0 atom stereocenters. The van der Waals surface area contributed by atoms with Crippen LogP contribution in [0.25, 0.3) is 66.5 Å². The first-order valence-corrected chi connectivity index (χ1v) is 18.1. The molecule has 6 heterocycles. The summed E-state index contributed by atoms with van der Waals surface area (Å²) in [4.78, 5) is 22.3. The molecule has 0 aliphatic carbocycles. The van der Waals surface area contributed by atoms with Crippen LogP contribution >= 0.6 is 0 Å². The van der Waals surface area contributed by atoms with Gasteiger partial charge in [-0.25, -0.2) is 15.0 Å². The number of methoxy groups -OCH3 is 6. The topological polar surface area (TPSA) is 162 Å². The van der Waals surface area contributed by atoms with E-state index in [4.69, 9.17) is 28.4 Å². The number of aromatic nitrogens is 6. The van der Waals surface area contributed by atoms with Gasteiger partial charge in [0.1, 0.15) is 16.9 Å². The maximum Gasteiger partial charge on any atom is 0.203 e. The van der Waals surface area contributed by atoms with Crippen molar-refractivity contribution in [2.45, 2.75) is 0 Å². The minimum Gasteiger partial charge on any atom is -0.504 e. The first-order valence-electron chi connectivity index (χ1n) is 18.1. The molecule has 0 bridgehead atoms. The Kier molecular flexibility index (Phi) is 11.6. The zero-order chi connectivity index (χ0) is 40.6. The van der Waals surface area contributed by atoms with Crippen molar-refractivity contribution in [2.75, 3.05) is 42.7 Å². The molecule has 58 heavy (non-hydrogen) atoms. The van der Waals surface area contributed by atoms with Crippen molar-refractivity contribution < 1.29 is 33.5 Å². The molecule has 0 unspecified atom stereocenters. The van der Waals surface area contributed by atoms with Crippen LogP contribution in [0.4, 0.5) is 0 Å². The smallest absolute Gasteiger partial charge is 0.203 e. The van der Waals surface area contributed by atoms with Crippen LogP contribution in [0.1, 0.15) is 0 Å². The van der Waals surface area contributed by atoms with Gasteiger partial charge in [0.25, 0.3) is 0 Å². The van der Waals surface area contributed by atoms with E-state index in [9.17, 15) is 5.11 Å². The molecule has 13 heteroatoms. The van der Waals surface area contributed by atoms with Gasteiger partial charge in [0, 0.05) is 70.0 Å². The maximum absolute atomic E-state index is 9.60. The summed E-state index contributed by atoms with van der Waals surface area (Å²) in [7, 11) is 9.62. The Balaban J connectivity index is 0.000000133. The highest BCUT2D eigenvalue weighted by Gasteiger charge is 2.16. The second-order valence-electron chi connectivity index (χ2n) is 12.7. The SMILES string of the molecule is COc1cc(-c2c[nH]c3ncccc23)cc(OC)c1OC.COc1cc(-c2c[nH]c3ncccc23)ccc1O.COc1ccc(-c2c[nH]c3ncccc23)cc1OC. The summed E-state index contributed by atoms with van der Waals surface area (Å²) in [6.45, 7) is 0. The summed E-state index contributed by atoms with van der Waals surface area (Å²) in [6, 6.07) is 26.9. The second-order valence-corrected chi connectivity index (χ2v) is 12.7. The lowest BCUT2D eigenvalue weighted by Crippen LogP contribution is -1.95. The van der Waals surface area contributed by atoms with E-state index in [1.165, 1.54) is 7.11 Å². The van der Waals surface area contributed by atoms with Crippen LogP contribution in [0.5, 0.6) is 40.2 Å². The van der Waals surface area contributed by atoms with Gasteiger partial charge in [-0.15, -0.1) is 0 Å². The number of pyridine rings is 3. The van der Waals surface area contributed by atoms with Gasteiger partial charge >= 0.3 is 0 Å². The Bertz CT molecular complexity index is 2780. The highest BCUT2D eigenvalue weighted by atomic mass is 16.5. The van der Waals surface area contributed by atoms with Crippen LogP contribution in [0.3, 0.4) is 0 Å². The van der Waals surface area contributed by atoms with Crippen LogP contribution in [0.15, 0.2) is 122 Å². The molecule has 9 aromatic rings. The molecular weight excluding hydrogens is 737 g/mol. The summed E-state index contributed by atoms with van der Waals surface area (Å²) in [5.41, 5.74) is 8.77. The summed E-state index contributed by atoms with van der Waals surface area (Å²) >= 11 is 0. The van der Waals surface area contributed by atoms with E-state index in [0.29, 0.717) is 23.0 Å². The molecule has 0 saturated heterocycles. The van der Waals surface area contributed by atoms with Gasteiger partial charge in [-0.05, 0) is 89.5 Å². The molecule has 0 radical (unpaired) electrons. The number of aromatic amines is 3. The zero-order valence-electron chi connectivity index (χ0n) is 32.8. The number of hydrogen-bond acceptors (Lipinski definition) is 10. The lowest BCUT2D eigenvalue weighted by Gasteiger charge is -2.13. The van der Waals surface area contributed by atoms with E-state index >= 15 is 0 Å². The lowest BCUT2D eigenvalue weighted by atomic mass is 10.0. The number of benzene rings is 3. The third-order valence-corrected chi connectivity index (χ3v) is 9.51. The molecule has 0 spiro atoms. The minimum atomic E-state index is 0.138. The van der Waals surface area contributed by atoms with E-state index in [1.54, 1.807) is 60.2 Å². The molecule has 294 valence electrons. The van der Waals surface area contributed by atoms with Crippen molar-refractivity contribution in [3.05, 3.63) is 122 Å². The number of aromatic hydroxyl groups is 1. The van der Waals surface area contributed by atoms with Crippen LogP contribution in [0.2, 0.25) is 0 Å². The van der Waals surface area contributed by atoms with Crippen molar-refractivity contribution >= 4 is 33.1 Å². The Morgan fingerprint density at radius 2 is 0.810 bits per heavy atom. The third kappa shape index (κ3) is 7.73. The summed E-state index contributed by atoms with van der Waals surface area (Å²) in [5, 5.41) is 12.8. The number of fused-ring (bicyclic) bond motifs is 3. The molecule has 0 amide bonds. The number of phenolic OH excluding ortho intramolecular Hbond substituents is 1. The van der Waals surface area contributed by atoms with E-state index < -0.39 is 0 Å². The van der Waals surface area contributed by atoms with Crippen LogP contribution in [-0.2, 0) is 0 Å². The van der Waals surface area contributed by atoms with Crippen molar-refractivity contribution in [1.29, 1.82) is 0 Å². The maximum atomic E-state index is 9.60. The fourth-order valence-electron chi connectivity index (χ4n) is 6.67. The van der Waals surface area contributed by atoms with Crippen LogP contribution in [0, 0.1) is 0 Å². The predicted octanol–water partition coefficient (Wildman–Crippen LogP) is 9.45. The number of phenols is 1. The second kappa shape index (κ2) is 17.4. The highest BCUT2D eigenvalue weighted by molar-refractivity contribution is 5.96. The van der Waals surface area contributed by atoms with Gasteiger partial charge in [-0.3, -0.25) is 0 Å². The van der Waals surface area contributed by atoms with E-state index in [2.05, 4.69) is 29.9 Å². The molecule has 0 aliphatic rings. The third-order valence-electron chi connectivity index (χ3n) is 9.51. The number of rotatable bonds is 9. The number of H-pyrrole nitrogens is 3. The standard InChI is InChI=1S/C16H16N2O3.C15H14N2O2.C14H12N2O2/c1-19-13-7-10(8-14(20-2)15(13)21-3)12-9-18-16-11(12)5-4-6-17-16;1-18-13-6-5-10(8-14(13)19-2)12-9-17-15-11(12)4-3-7-16-15;1-18-13-7-9(4-5-12(13)17)11-8-16-14-10(11)3-2-6-15-14/h4-9H,1-3H3,(H,17,18);3-9H,1-2H3,(H,16,17);2-8,17H,1H3,(H,15,16). The van der Waals surface area contributed by atoms with Gasteiger partial charge in [-0.1, -0.05) is 12.1 Å². The van der Waals surface area contributed by atoms with Crippen molar-refractivity contribution in [3.63, 3.8) is 0 Å². The average Bonchev–Trinajstić information content (AvgIpc) is 4.04. The number of nitrogens with one attached hydrogen (secondary N) is 3. The van der Waals surface area contributed by atoms with Gasteiger partial charge < -0.3 is 48.5 Å². The van der Waals surface area contributed by atoms with E-state index in [1.807, 2.05) is 97.5 Å². The molecule has 13 nitrogen and oxygen atoms in total. The Morgan fingerprint density at radius 1 is 0.414 bits per heavy atom. The summed E-state index contributed by atoms with van der Waals surface area (Å²) in [6.07, 6.45) is 11.1. The molecule has 6 aromatic heterocycles. The van der Waals surface area contributed by atoms with E-state index in [-0.39, 0.29) is 5.75 Å². The largest absolute Gasteiger partial charge is 0.504 e. The van der Waals surface area contributed by atoms with Crippen LogP contribution in [-0.4, -0.2) is 77.7 Å². The van der Waals surface area contributed by atoms with Gasteiger partial charge in [0.05, 0.1) is 42.7 Å². The van der Waals surface area contributed by atoms with E-state index in [0.717, 1.165) is 78.0 Å². The van der Waals surface area contributed by atoms with Crippen molar-refractivity contribution in [3.8, 4) is 73.6 Å². The van der Waals surface area contributed by atoms with Gasteiger partial charge in [-0.2, -0.15) is 0 Å². The predicted molar refractivity (Wildman–Crippen MR) is 226 cm³/mol.